The topological polar surface area (TPSA) is 26.3 Å². The molecule has 4 aliphatic carbocycles. The van der Waals surface area contributed by atoms with Gasteiger partial charge in [-0.15, -0.1) is 0 Å². The first-order valence-corrected chi connectivity index (χ1v) is 13.2. The van der Waals surface area contributed by atoms with Gasteiger partial charge in [0, 0.05) is 6.92 Å². The summed E-state index contributed by atoms with van der Waals surface area (Å²) in [5.41, 5.74) is 2.71. The SMILES string of the molecule is CC(=O)O[C@H]1CC[C@@]2(C)[C@@H](CC=C3[C@@H]2CC[C@]2(C)[C@@H]([C@H](C)/C=C/CC(C)C)CC[C@@H]32)C1. The number of hydrogen-bond donors (Lipinski definition) is 0. The first kappa shape index (κ1) is 23.1. The Kier molecular flexibility index (Phi) is 6.50. The fourth-order valence-corrected chi connectivity index (χ4v) is 8.42. The van der Waals surface area contributed by atoms with Crippen LogP contribution in [0.5, 0.6) is 0 Å². The number of carbonyl (C=O) groups excluding carboxylic acids is 1. The molecule has 174 valence electrons. The second-order valence-corrected chi connectivity index (χ2v) is 12.4. The molecule has 0 spiro atoms. The van der Waals surface area contributed by atoms with Crippen molar-refractivity contribution in [2.45, 2.75) is 105 Å². The third-order valence-corrected chi connectivity index (χ3v) is 10.1. The van der Waals surface area contributed by atoms with Crippen LogP contribution in [0.1, 0.15) is 99.3 Å². The van der Waals surface area contributed by atoms with Crippen molar-refractivity contribution in [3.8, 4) is 0 Å². The number of ether oxygens (including phenoxy) is 1. The van der Waals surface area contributed by atoms with E-state index in [4.69, 9.17) is 4.74 Å². The van der Waals surface area contributed by atoms with E-state index in [-0.39, 0.29) is 12.1 Å². The van der Waals surface area contributed by atoms with Gasteiger partial charge >= 0.3 is 5.97 Å². The molecule has 0 unspecified atom stereocenters. The van der Waals surface area contributed by atoms with E-state index in [0.29, 0.717) is 22.7 Å². The van der Waals surface area contributed by atoms with Crippen molar-refractivity contribution >= 4 is 5.97 Å². The molecule has 2 heteroatoms. The summed E-state index contributed by atoms with van der Waals surface area (Å²) in [6.07, 6.45) is 19.1. The lowest BCUT2D eigenvalue weighted by Gasteiger charge is -2.57. The maximum Gasteiger partial charge on any atom is 0.302 e. The number of hydrogen-bond acceptors (Lipinski definition) is 2. The molecule has 0 aromatic carbocycles. The van der Waals surface area contributed by atoms with Crippen LogP contribution in [0.3, 0.4) is 0 Å². The number of rotatable bonds is 5. The van der Waals surface area contributed by atoms with Gasteiger partial charge in [0.15, 0.2) is 0 Å². The van der Waals surface area contributed by atoms with Crippen molar-refractivity contribution < 1.29 is 9.53 Å². The van der Waals surface area contributed by atoms with Crippen LogP contribution in [0, 0.1) is 46.3 Å². The Bertz CT molecular complexity index is 733. The highest BCUT2D eigenvalue weighted by molar-refractivity contribution is 5.66. The quantitative estimate of drug-likeness (QED) is 0.332. The monoisotopic (exact) mass is 426 g/mol. The van der Waals surface area contributed by atoms with E-state index in [1.54, 1.807) is 6.92 Å². The highest BCUT2D eigenvalue weighted by Gasteiger charge is 2.58. The van der Waals surface area contributed by atoms with E-state index in [1.165, 1.54) is 44.9 Å². The molecule has 4 rings (SSSR count). The summed E-state index contributed by atoms with van der Waals surface area (Å²) in [5.74, 6) is 4.39. The number of esters is 1. The summed E-state index contributed by atoms with van der Waals surface area (Å²) in [4.78, 5) is 11.5. The van der Waals surface area contributed by atoms with Crippen LogP contribution < -0.4 is 0 Å². The van der Waals surface area contributed by atoms with Gasteiger partial charge in [0.25, 0.3) is 0 Å². The Morgan fingerprint density at radius 1 is 1.10 bits per heavy atom. The molecule has 0 bridgehead atoms. The number of fused-ring (bicyclic) bond motifs is 5. The molecule has 0 radical (unpaired) electrons. The average Bonchev–Trinajstić information content (AvgIpc) is 3.05. The molecule has 31 heavy (non-hydrogen) atoms. The van der Waals surface area contributed by atoms with Crippen molar-refractivity contribution in [2.75, 3.05) is 0 Å². The van der Waals surface area contributed by atoms with Gasteiger partial charge in [-0.25, -0.2) is 0 Å². The van der Waals surface area contributed by atoms with Crippen LogP contribution >= 0.6 is 0 Å². The smallest absolute Gasteiger partial charge is 0.302 e. The first-order valence-electron chi connectivity index (χ1n) is 13.2. The van der Waals surface area contributed by atoms with Gasteiger partial charge in [0.2, 0.25) is 0 Å². The zero-order chi connectivity index (χ0) is 22.4. The highest BCUT2D eigenvalue weighted by Crippen LogP contribution is 2.66. The van der Waals surface area contributed by atoms with E-state index < -0.39 is 0 Å². The Labute approximate surface area is 191 Å². The molecule has 8 atom stereocenters. The van der Waals surface area contributed by atoms with E-state index in [2.05, 4.69) is 52.8 Å². The molecule has 0 aliphatic heterocycles. The van der Waals surface area contributed by atoms with Crippen molar-refractivity contribution in [3.63, 3.8) is 0 Å². The lowest BCUT2D eigenvalue weighted by molar-refractivity contribution is -0.152. The van der Waals surface area contributed by atoms with Gasteiger partial charge in [0.1, 0.15) is 6.10 Å². The van der Waals surface area contributed by atoms with Gasteiger partial charge in [-0.2, -0.15) is 0 Å². The Hall–Kier alpha value is -1.05. The van der Waals surface area contributed by atoms with Crippen LogP contribution in [0.15, 0.2) is 23.8 Å². The van der Waals surface area contributed by atoms with Crippen LogP contribution in [0.2, 0.25) is 0 Å². The lowest BCUT2D eigenvalue weighted by Crippen LogP contribution is -2.50. The summed E-state index contributed by atoms with van der Waals surface area (Å²) in [6.45, 7) is 13.9. The second kappa shape index (κ2) is 8.71. The van der Waals surface area contributed by atoms with Crippen LogP contribution in [-0.2, 0) is 9.53 Å². The molecule has 0 heterocycles. The molecular weight excluding hydrogens is 380 g/mol. The normalized spacial score (nSPS) is 43.2. The first-order chi connectivity index (χ1) is 14.6. The molecule has 2 nitrogen and oxygen atoms in total. The average molecular weight is 427 g/mol. The molecule has 0 amide bonds. The fourth-order valence-electron chi connectivity index (χ4n) is 8.42. The zero-order valence-corrected chi connectivity index (χ0v) is 21.0. The van der Waals surface area contributed by atoms with Gasteiger partial charge < -0.3 is 4.74 Å². The van der Waals surface area contributed by atoms with Crippen LogP contribution in [-0.4, -0.2) is 12.1 Å². The predicted molar refractivity (Wildman–Crippen MR) is 129 cm³/mol. The summed E-state index contributed by atoms with van der Waals surface area (Å²) in [5, 5.41) is 0. The molecule has 0 aromatic heterocycles. The molecule has 0 N–H and O–H groups in total. The van der Waals surface area contributed by atoms with Gasteiger partial charge in [-0.1, -0.05) is 58.4 Å². The Balaban J connectivity index is 1.50. The van der Waals surface area contributed by atoms with Crippen molar-refractivity contribution in [1.29, 1.82) is 0 Å². The van der Waals surface area contributed by atoms with E-state index in [1.807, 2.05) is 5.57 Å². The molecule has 4 aliphatic rings. The second-order valence-electron chi connectivity index (χ2n) is 12.4. The minimum absolute atomic E-state index is 0.109. The molecule has 3 fully saturated rings. The van der Waals surface area contributed by atoms with E-state index in [9.17, 15) is 4.79 Å². The third-order valence-electron chi connectivity index (χ3n) is 10.1. The Morgan fingerprint density at radius 2 is 1.81 bits per heavy atom. The third kappa shape index (κ3) is 4.18. The highest BCUT2D eigenvalue weighted by atomic mass is 16.5. The van der Waals surface area contributed by atoms with Crippen molar-refractivity contribution in [2.24, 2.45) is 46.3 Å². The van der Waals surface area contributed by atoms with E-state index >= 15 is 0 Å². The molecule has 3 saturated carbocycles. The summed E-state index contributed by atoms with van der Waals surface area (Å²) < 4.78 is 5.63. The zero-order valence-electron chi connectivity index (χ0n) is 21.0. The number of allylic oxidation sites excluding steroid dienone is 4. The fraction of sp³-hybridized carbons (Fsp3) is 0.828. The van der Waals surface area contributed by atoms with Crippen LogP contribution in [0.4, 0.5) is 0 Å². The van der Waals surface area contributed by atoms with Gasteiger partial charge in [0.05, 0.1) is 0 Å². The minimum Gasteiger partial charge on any atom is -0.463 e. The van der Waals surface area contributed by atoms with Crippen molar-refractivity contribution in [3.05, 3.63) is 23.8 Å². The summed E-state index contributed by atoms with van der Waals surface area (Å²) in [6, 6.07) is 0. The predicted octanol–water partition coefficient (Wildman–Crippen LogP) is 7.74. The molecule has 0 aromatic rings. The van der Waals surface area contributed by atoms with Crippen molar-refractivity contribution in [1.82, 2.24) is 0 Å². The van der Waals surface area contributed by atoms with Crippen LogP contribution in [0.25, 0.3) is 0 Å². The maximum absolute atomic E-state index is 11.5. The van der Waals surface area contributed by atoms with Gasteiger partial charge in [-0.3, -0.25) is 4.79 Å². The summed E-state index contributed by atoms with van der Waals surface area (Å²) >= 11 is 0. The molecular formula is C29H46O2. The van der Waals surface area contributed by atoms with Gasteiger partial charge in [-0.05, 0) is 104 Å². The standard InChI is InChI=1S/C29H46O2/c1-19(2)8-7-9-20(3)25-12-13-26-24-11-10-22-18-23(31-21(4)30)14-16-28(22,5)27(24)15-17-29(25,26)6/h7,9,11,19-20,22-23,25-27H,8,10,12-18H2,1-6H3/b9-7+/t20-,22+,23+,25-,26+,27+,28+,29-/m1/s1. The molecule has 0 saturated heterocycles. The Morgan fingerprint density at radius 3 is 2.52 bits per heavy atom. The maximum atomic E-state index is 11.5. The minimum atomic E-state index is -0.109. The largest absolute Gasteiger partial charge is 0.463 e. The van der Waals surface area contributed by atoms with E-state index in [0.717, 1.165) is 36.5 Å². The summed E-state index contributed by atoms with van der Waals surface area (Å²) in [7, 11) is 0. The number of carbonyl (C=O) groups is 1. The lowest BCUT2D eigenvalue weighted by atomic mass is 9.47.